The molecule has 1 heterocycles. The number of hydrogen-bond acceptors (Lipinski definition) is 4. The van der Waals surface area contributed by atoms with E-state index in [2.05, 4.69) is 15.5 Å². The maximum Gasteiger partial charge on any atom is 0.234 e. The second-order valence-electron chi connectivity index (χ2n) is 6.75. The fraction of sp³-hybridized carbons (Fsp3) is 0.0870. The van der Waals surface area contributed by atoms with E-state index in [4.69, 9.17) is 11.6 Å². The normalized spacial score (nSPS) is 10.8. The van der Waals surface area contributed by atoms with Crippen molar-refractivity contribution in [3.05, 3.63) is 89.2 Å². The molecule has 0 spiro atoms. The van der Waals surface area contributed by atoms with Gasteiger partial charge in [-0.2, -0.15) is 0 Å². The largest absolute Gasteiger partial charge is 0.325 e. The van der Waals surface area contributed by atoms with Gasteiger partial charge in [0.1, 0.15) is 5.82 Å². The molecule has 0 saturated heterocycles. The van der Waals surface area contributed by atoms with Crippen LogP contribution >= 0.6 is 23.4 Å². The molecule has 0 saturated carbocycles. The molecular weight excluding hydrogens is 435 g/mol. The predicted octanol–water partition coefficient (Wildman–Crippen LogP) is 5.77. The molecule has 0 aliphatic rings. The highest BCUT2D eigenvalue weighted by Gasteiger charge is 2.19. The SMILES string of the molecule is Cc1ccc(Cl)cc1NC(=O)CSc1nnc(-c2ccccc2F)n1-c1ccccc1. The number of aromatic nitrogens is 3. The minimum Gasteiger partial charge on any atom is -0.325 e. The molecule has 3 aromatic carbocycles. The van der Waals surface area contributed by atoms with Crippen LogP contribution in [0.25, 0.3) is 17.1 Å². The average Bonchev–Trinajstić information content (AvgIpc) is 3.19. The Kier molecular flexibility index (Phi) is 6.34. The molecule has 0 atom stereocenters. The highest BCUT2D eigenvalue weighted by Crippen LogP contribution is 2.29. The van der Waals surface area contributed by atoms with Crippen LogP contribution in [0.5, 0.6) is 0 Å². The lowest BCUT2D eigenvalue weighted by Crippen LogP contribution is -2.15. The molecule has 0 fully saturated rings. The zero-order valence-corrected chi connectivity index (χ0v) is 18.1. The van der Waals surface area contributed by atoms with Gasteiger partial charge < -0.3 is 5.32 Å². The Balaban J connectivity index is 1.61. The minimum absolute atomic E-state index is 0.105. The lowest BCUT2D eigenvalue weighted by atomic mass is 10.2. The number of nitrogens with zero attached hydrogens (tertiary/aromatic N) is 3. The molecule has 0 aliphatic carbocycles. The van der Waals surface area contributed by atoms with Crippen LogP contribution < -0.4 is 5.32 Å². The van der Waals surface area contributed by atoms with Crippen molar-refractivity contribution in [3.8, 4) is 17.1 Å². The van der Waals surface area contributed by atoms with Gasteiger partial charge in [-0.05, 0) is 48.9 Å². The topological polar surface area (TPSA) is 59.8 Å². The Bertz CT molecular complexity index is 1230. The molecule has 31 heavy (non-hydrogen) atoms. The molecule has 0 aliphatic heterocycles. The van der Waals surface area contributed by atoms with Crippen molar-refractivity contribution in [2.24, 2.45) is 0 Å². The fourth-order valence-electron chi connectivity index (χ4n) is 3.04. The van der Waals surface area contributed by atoms with E-state index in [-0.39, 0.29) is 11.7 Å². The van der Waals surface area contributed by atoms with Crippen LogP contribution in [0, 0.1) is 12.7 Å². The first-order valence-electron chi connectivity index (χ1n) is 9.47. The molecule has 0 radical (unpaired) electrons. The maximum atomic E-state index is 14.4. The molecule has 8 heteroatoms. The number of hydrogen-bond donors (Lipinski definition) is 1. The number of para-hydroxylation sites is 1. The number of rotatable bonds is 6. The van der Waals surface area contributed by atoms with Crippen molar-refractivity contribution in [2.75, 3.05) is 11.1 Å². The van der Waals surface area contributed by atoms with E-state index >= 15 is 0 Å². The highest BCUT2D eigenvalue weighted by atomic mass is 35.5. The Morgan fingerprint density at radius 3 is 2.58 bits per heavy atom. The van der Waals surface area contributed by atoms with Crippen LogP contribution in [-0.4, -0.2) is 26.4 Å². The Morgan fingerprint density at radius 2 is 1.81 bits per heavy atom. The summed E-state index contributed by atoms with van der Waals surface area (Å²) >= 11 is 7.25. The summed E-state index contributed by atoms with van der Waals surface area (Å²) in [5.41, 5.74) is 2.69. The molecule has 1 N–H and O–H groups in total. The molecule has 1 amide bonds. The van der Waals surface area contributed by atoms with Crippen LogP contribution in [0.15, 0.2) is 78.0 Å². The number of nitrogens with one attached hydrogen (secondary N) is 1. The van der Waals surface area contributed by atoms with Crippen LogP contribution in [0.1, 0.15) is 5.56 Å². The van der Waals surface area contributed by atoms with Crippen molar-refractivity contribution >= 4 is 35.0 Å². The first-order valence-corrected chi connectivity index (χ1v) is 10.8. The Morgan fingerprint density at radius 1 is 1.06 bits per heavy atom. The van der Waals surface area contributed by atoms with Crippen LogP contribution in [0.4, 0.5) is 10.1 Å². The van der Waals surface area contributed by atoms with Gasteiger partial charge in [0.05, 0.1) is 11.3 Å². The first-order chi connectivity index (χ1) is 15.0. The average molecular weight is 453 g/mol. The van der Waals surface area contributed by atoms with Gasteiger partial charge >= 0.3 is 0 Å². The van der Waals surface area contributed by atoms with Gasteiger partial charge in [-0.3, -0.25) is 9.36 Å². The van der Waals surface area contributed by atoms with Crippen molar-refractivity contribution in [1.82, 2.24) is 14.8 Å². The third-order valence-electron chi connectivity index (χ3n) is 4.57. The zero-order valence-electron chi connectivity index (χ0n) is 16.5. The van der Waals surface area contributed by atoms with E-state index in [9.17, 15) is 9.18 Å². The van der Waals surface area contributed by atoms with Gasteiger partial charge in [0.25, 0.3) is 0 Å². The summed E-state index contributed by atoms with van der Waals surface area (Å²) in [6.45, 7) is 1.89. The third kappa shape index (κ3) is 4.78. The van der Waals surface area contributed by atoms with E-state index in [0.717, 1.165) is 11.3 Å². The summed E-state index contributed by atoms with van der Waals surface area (Å²) in [5, 5.41) is 12.3. The Hall–Kier alpha value is -3.16. The first kappa shape index (κ1) is 21.1. The third-order valence-corrected chi connectivity index (χ3v) is 5.73. The number of anilines is 1. The molecule has 156 valence electrons. The van der Waals surface area contributed by atoms with E-state index in [1.165, 1.54) is 17.8 Å². The predicted molar refractivity (Wildman–Crippen MR) is 122 cm³/mol. The van der Waals surface area contributed by atoms with Crippen LogP contribution in [0.2, 0.25) is 5.02 Å². The van der Waals surface area contributed by atoms with E-state index in [1.54, 1.807) is 34.9 Å². The van der Waals surface area contributed by atoms with Crippen LogP contribution in [-0.2, 0) is 4.79 Å². The van der Waals surface area contributed by atoms with Gasteiger partial charge in [0.2, 0.25) is 5.91 Å². The number of carbonyl (C=O) groups excluding carboxylic acids is 1. The lowest BCUT2D eigenvalue weighted by Gasteiger charge is -2.11. The fourth-order valence-corrected chi connectivity index (χ4v) is 3.96. The van der Waals surface area contributed by atoms with Gasteiger partial charge in [0, 0.05) is 16.4 Å². The number of carbonyl (C=O) groups is 1. The highest BCUT2D eigenvalue weighted by molar-refractivity contribution is 7.99. The summed E-state index contributed by atoms with van der Waals surface area (Å²) in [7, 11) is 0. The van der Waals surface area contributed by atoms with Gasteiger partial charge in [-0.1, -0.05) is 59.8 Å². The smallest absolute Gasteiger partial charge is 0.234 e. The van der Waals surface area contributed by atoms with Crippen molar-refractivity contribution in [1.29, 1.82) is 0 Å². The minimum atomic E-state index is -0.391. The molecule has 4 aromatic rings. The molecule has 1 aromatic heterocycles. The van der Waals surface area contributed by atoms with E-state index < -0.39 is 5.82 Å². The summed E-state index contributed by atoms with van der Waals surface area (Å²) in [4.78, 5) is 12.5. The summed E-state index contributed by atoms with van der Waals surface area (Å²) < 4.78 is 16.2. The molecule has 0 unspecified atom stereocenters. The zero-order chi connectivity index (χ0) is 21.8. The second-order valence-corrected chi connectivity index (χ2v) is 8.13. The van der Waals surface area contributed by atoms with Gasteiger partial charge in [-0.15, -0.1) is 10.2 Å². The summed E-state index contributed by atoms with van der Waals surface area (Å²) in [5.74, 6) is -0.116. The summed E-state index contributed by atoms with van der Waals surface area (Å²) in [6, 6.07) is 21.1. The molecular formula is C23H18ClFN4OS. The number of amides is 1. The van der Waals surface area contributed by atoms with Crippen LogP contribution in [0.3, 0.4) is 0 Å². The number of halogens is 2. The molecule has 0 bridgehead atoms. The van der Waals surface area contributed by atoms with Gasteiger partial charge in [0.15, 0.2) is 11.0 Å². The second kappa shape index (κ2) is 9.32. The lowest BCUT2D eigenvalue weighted by molar-refractivity contribution is -0.113. The molecule has 5 nitrogen and oxygen atoms in total. The van der Waals surface area contributed by atoms with Gasteiger partial charge in [-0.25, -0.2) is 4.39 Å². The monoisotopic (exact) mass is 452 g/mol. The van der Waals surface area contributed by atoms with E-state index in [0.29, 0.717) is 27.3 Å². The standard InChI is InChI=1S/C23H18ClFN4OS/c1-15-11-12-16(24)13-20(15)26-21(30)14-31-23-28-27-22(18-9-5-6-10-19(18)25)29(23)17-7-3-2-4-8-17/h2-13H,14H2,1H3,(H,26,30). The maximum absolute atomic E-state index is 14.4. The van der Waals surface area contributed by atoms with E-state index in [1.807, 2.05) is 43.3 Å². The number of thioether (sulfide) groups is 1. The number of benzene rings is 3. The van der Waals surface area contributed by atoms with Crippen molar-refractivity contribution in [2.45, 2.75) is 12.1 Å². The quantitative estimate of drug-likeness (QED) is 0.377. The van der Waals surface area contributed by atoms with Crippen molar-refractivity contribution in [3.63, 3.8) is 0 Å². The molecule has 4 rings (SSSR count). The Labute approximate surface area is 188 Å². The summed E-state index contributed by atoms with van der Waals surface area (Å²) in [6.07, 6.45) is 0. The van der Waals surface area contributed by atoms with Crippen molar-refractivity contribution < 1.29 is 9.18 Å². The number of aryl methyl sites for hydroxylation is 1.